The second kappa shape index (κ2) is 9.08. The summed E-state index contributed by atoms with van der Waals surface area (Å²) in [5, 5.41) is 6.54. The van der Waals surface area contributed by atoms with Crippen molar-refractivity contribution in [3.8, 4) is 5.75 Å². The summed E-state index contributed by atoms with van der Waals surface area (Å²) in [6.45, 7) is 3.64. The predicted molar refractivity (Wildman–Crippen MR) is 102 cm³/mol. The van der Waals surface area contributed by atoms with Gasteiger partial charge in [-0.1, -0.05) is 19.1 Å². The topological polar surface area (TPSA) is 79.8 Å². The van der Waals surface area contributed by atoms with Gasteiger partial charge in [0, 0.05) is 20.1 Å². The number of ether oxygens (including phenoxy) is 1. The fourth-order valence-corrected chi connectivity index (χ4v) is 4.86. The average molecular weight is 368 g/mol. The van der Waals surface area contributed by atoms with Crippen LogP contribution in [0.2, 0.25) is 0 Å². The van der Waals surface area contributed by atoms with Crippen molar-refractivity contribution in [1.82, 2.24) is 10.6 Å². The zero-order valence-electron chi connectivity index (χ0n) is 15.3. The van der Waals surface area contributed by atoms with Crippen LogP contribution in [-0.2, 0) is 9.84 Å². The standard InChI is InChI=1S/C18H29N3O3S/c1-14(16-4-6-17(24-3)7-5-16)8-10-20-18(19-2)21-12-15-9-11-25(22,23)13-15/h4-7,14-15H,8-13H2,1-3H3,(H2,19,20,21). The van der Waals surface area contributed by atoms with Crippen LogP contribution in [0.4, 0.5) is 0 Å². The smallest absolute Gasteiger partial charge is 0.190 e. The number of hydrogen-bond acceptors (Lipinski definition) is 4. The van der Waals surface area contributed by atoms with Gasteiger partial charge in [-0.05, 0) is 42.4 Å². The highest BCUT2D eigenvalue weighted by Crippen LogP contribution is 2.21. The molecular formula is C18H29N3O3S. The lowest BCUT2D eigenvalue weighted by molar-refractivity contribution is 0.414. The van der Waals surface area contributed by atoms with Crippen molar-refractivity contribution in [1.29, 1.82) is 0 Å². The summed E-state index contributed by atoms with van der Waals surface area (Å²) >= 11 is 0. The van der Waals surface area contributed by atoms with Gasteiger partial charge < -0.3 is 15.4 Å². The lowest BCUT2D eigenvalue weighted by Gasteiger charge is -2.17. The molecule has 1 fully saturated rings. The SMILES string of the molecule is CN=C(NCCC(C)c1ccc(OC)cc1)NCC1CCS(=O)(=O)C1. The van der Waals surface area contributed by atoms with E-state index in [1.54, 1.807) is 14.2 Å². The molecule has 0 amide bonds. The van der Waals surface area contributed by atoms with Crippen molar-refractivity contribution in [2.75, 3.05) is 38.8 Å². The van der Waals surface area contributed by atoms with Crippen LogP contribution in [0.1, 0.15) is 31.2 Å². The van der Waals surface area contributed by atoms with Crippen molar-refractivity contribution in [3.63, 3.8) is 0 Å². The predicted octanol–water partition coefficient (Wildman–Crippen LogP) is 1.79. The Morgan fingerprint density at radius 1 is 1.32 bits per heavy atom. The van der Waals surface area contributed by atoms with Gasteiger partial charge >= 0.3 is 0 Å². The van der Waals surface area contributed by atoms with Crippen LogP contribution in [-0.4, -0.2) is 53.1 Å². The Kier molecular flexibility index (Phi) is 7.11. The van der Waals surface area contributed by atoms with Gasteiger partial charge in [-0.15, -0.1) is 0 Å². The van der Waals surface area contributed by atoms with Crippen molar-refractivity contribution >= 4 is 15.8 Å². The Morgan fingerprint density at radius 3 is 2.60 bits per heavy atom. The minimum Gasteiger partial charge on any atom is -0.497 e. The number of nitrogens with zero attached hydrogens (tertiary/aromatic N) is 1. The molecule has 1 aromatic carbocycles. The summed E-state index contributed by atoms with van der Waals surface area (Å²) in [7, 11) is 0.575. The molecule has 0 bridgehead atoms. The molecule has 0 spiro atoms. The molecule has 140 valence electrons. The number of methoxy groups -OCH3 is 1. The number of rotatable bonds is 7. The molecule has 6 nitrogen and oxygen atoms in total. The lowest BCUT2D eigenvalue weighted by Crippen LogP contribution is -2.40. The third-order valence-electron chi connectivity index (χ3n) is 4.66. The maximum atomic E-state index is 11.5. The summed E-state index contributed by atoms with van der Waals surface area (Å²) in [5.41, 5.74) is 1.28. The Labute approximate surface area is 151 Å². The summed E-state index contributed by atoms with van der Waals surface area (Å²) in [5.74, 6) is 2.80. The quantitative estimate of drug-likeness (QED) is 0.567. The van der Waals surface area contributed by atoms with Crippen molar-refractivity contribution in [2.45, 2.75) is 25.7 Å². The van der Waals surface area contributed by atoms with E-state index < -0.39 is 9.84 Å². The summed E-state index contributed by atoms with van der Waals surface area (Å²) < 4.78 is 28.2. The number of aliphatic imine (C=N–C) groups is 1. The zero-order valence-corrected chi connectivity index (χ0v) is 16.1. The zero-order chi connectivity index (χ0) is 18.3. The molecule has 0 radical (unpaired) electrons. The molecule has 2 N–H and O–H groups in total. The number of guanidine groups is 1. The molecule has 1 aliphatic rings. The molecule has 2 rings (SSSR count). The Balaban J connectivity index is 1.71. The molecule has 1 saturated heterocycles. The van der Waals surface area contributed by atoms with E-state index in [4.69, 9.17) is 4.74 Å². The molecule has 0 aliphatic carbocycles. The molecule has 1 heterocycles. The third-order valence-corrected chi connectivity index (χ3v) is 6.50. The maximum absolute atomic E-state index is 11.5. The van der Waals surface area contributed by atoms with Crippen LogP contribution < -0.4 is 15.4 Å². The van der Waals surface area contributed by atoms with E-state index in [1.807, 2.05) is 12.1 Å². The summed E-state index contributed by atoms with van der Waals surface area (Å²) in [6, 6.07) is 8.15. The van der Waals surface area contributed by atoms with Gasteiger partial charge in [-0.3, -0.25) is 4.99 Å². The highest BCUT2D eigenvalue weighted by molar-refractivity contribution is 7.91. The first kappa shape index (κ1) is 19.6. The molecule has 7 heteroatoms. The third kappa shape index (κ3) is 6.23. The van der Waals surface area contributed by atoms with E-state index in [1.165, 1.54) is 5.56 Å². The lowest BCUT2D eigenvalue weighted by atomic mass is 9.98. The monoisotopic (exact) mass is 367 g/mol. The van der Waals surface area contributed by atoms with Gasteiger partial charge in [0.25, 0.3) is 0 Å². The molecule has 2 atom stereocenters. The van der Waals surface area contributed by atoms with Crippen LogP contribution >= 0.6 is 0 Å². The largest absolute Gasteiger partial charge is 0.497 e. The van der Waals surface area contributed by atoms with Gasteiger partial charge in [0.05, 0.1) is 18.6 Å². The van der Waals surface area contributed by atoms with Gasteiger partial charge in [0.2, 0.25) is 0 Å². The Bertz CT molecular complexity index is 671. The van der Waals surface area contributed by atoms with E-state index >= 15 is 0 Å². The molecule has 0 aromatic heterocycles. The van der Waals surface area contributed by atoms with Crippen molar-refractivity contribution < 1.29 is 13.2 Å². The molecule has 0 saturated carbocycles. The highest BCUT2D eigenvalue weighted by Gasteiger charge is 2.27. The van der Waals surface area contributed by atoms with E-state index in [2.05, 4.69) is 34.7 Å². The number of nitrogens with one attached hydrogen (secondary N) is 2. The van der Waals surface area contributed by atoms with Gasteiger partial charge in [-0.25, -0.2) is 8.42 Å². The first-order valence-corrected chi connectivity index (χ1v) is 10.5. The normalized spacial score (nSPS) is 20.9. The number of hydrogen-bond donors (Lipinski definition) is 2. The first-order chi connectivity index (χ1) is 11.9. The summed E-state index contributed by atoms with van der Waals surface area (Å²) in [4.78, 5) is 4.21. The Hall–Kier alpha value is -1.76. The fourth-order valence-electron chi connectivity index (χ4n) is 3.00. The Morgan fingerprint density at radius 2 is 2.04 bits per heavy atom. The molecule has 1 aliphatic heterocycles. The average Bonchev–Trinajstić information content (AvgIpc) is 2.96. The van der Waals surface area contributed by atoms with Crippen LogP contribution in [0.3, 0.4) is 0 Å². The first-order valence-electron chi connectivity index (χ1n) is 8.72. The highest BCUT2D eigenvalue weighted by atomic mass is 32.2. The van der Waals surface area contributed by atoms with E-state index in [0.717, 1.165) is 31.1 Å². The molecule has 2 unspecified atom stereocenters. The second-order valence-corrected chi connectivity index (χ2v) is 8.84. The van der Waals surface area contributed by atoms with Gasteiger partial charge in [0.1, 0.15) is 5.75 Å². The van der Waals surface area contributed by atoms with Crippen molar-refractivity contribution in [2.24, 2.45) is 10.9 Å². The maximum Gasteiger partial charge on any atom is 0.190 e. The minimum atomic E-state index is -2.82. The molecule has 1 aromatic rings. The molecule has 25 heavy (non-hydrogen) atoms. The van der Waals surface area contributed by atoms with E-state index in [-0.39, 0.29) is 11.7 Å². The van der Waals surface area contributed by atoms with Crippen LogP contribution in [0.25, 0.3) is 0 Å². The van der Waals surface area contributed by atoms with Crippen LogP contribution in [0.5, 0.6) is 5.75 Å². The second-order valence-electron chi connectivity index (χ2n) is 6.61. The number of benzene rings is 1. The summed E-state index contributed by atoms with van der Waals surface area (Å²) in [6.07, 6.45) is 1.71. The van der Waals surface area contributed by atoms with E-state index in [9.17, 15) is 8.42 Å². The van der Waals surface area contributed by atoms with Gasteiger partial charge in [-0.2, -0.15) is 0 Å². The minimum absolute atomic E-state index is 0.182. The number of sulfone groups is 1. The van der Waals surface area contributed by atoms with E-state index in [0.29, 0.717) is 18.2 Å². The van der Waals surface area contributed by atoms with Gasteiger partial charge in [0.15, 0.2) is 15.8 Å². The molecular weight excluding hydrogens is 338 g/mol. The van der Waals surface area contributed by atoms with Crippen molar-refractivity contribution in [3.05, 3.63) is 29.8 Å². The van der Waals surface area contributed by atoms with Crippen LogP contribution in [0, 0.1) is 5.92 Å². The van der Waals surface area contributed by atoms with Crippen LogP contribution in [0.15, 0.2) is 29.3 Å². The fraction of sp³-hybridized carbons (Fsp3) is 0.611.